The highest BCUT2D eigenvalue weighted by molar-refractivity contribution is 6.30. The van der Waals surface area contributed by atoms with Crippen LogP contribution in [0.1, 0.15) is 31.4 Å². The first-order valence-corrected chi connectivity index (χ1v) is 4.77. The molecule has 0 aliphatic carbocycles. The van der Waals surface area contributed by atoms with Gasteiger partial charge in [-0.2, -0.15) is 0 Å². The summed E-state index contributed by atoms with van der Waals surface area (Å²) in [5.41, 5.74) is 6.59. The Hall–Kier alpha value is -0.440. The molecule has 0 aliphatic rings. The van der Waals surface area contributed by atoms with Gasteiger partial charge in [0, 0.05) is 16.6 Å². The molecule has 0 bridgehead atoms. The second-order valence-corrected chi connectivity index (χ2v) is 3.53. The van der Waals surface area contributed by atoms with E-state index in [4.69, 9.17) is 17.3 Å². The van der Waals surface area contributed by atoms with E-state index in [0.717, 1.165) is 18.4 Å². The highest BCUT2D eigenvalue weighted by Gasteiger charge is 2.09. The standard InChI is InChI=1S/C10H14ClNO.ClH/c1-2-3-9(12)8-6-7(11)4-5-10(8)13;/h4-6,9,13H,2-3,12H2,1H3;1H/t9-;/m0./s1. The molecule has 3 N–H and O–H groups in total. The van der Waals surface area contributed by atoms with Gasteiger partial charge in [0.1, 0.15) is 5.75 Å². The Morgan fingerprint density at radius 3 is 2.71 bits per heavy atom. The highest BCUT2D eigenvalue weighted by Crippen LogP contribution is 2.28. The quantitative estimate of drug-likeness (QED) is 0.845. The molecule has 0 saturated heterocycles. The van der Waals surface area contributed by atoms with E-state index in [1.165, 1.54) is 0 Å². The summed E-state index contributed by atoms with van der Waals surface area (Å²) in [6, 6.07) is 4.83. The Labute approximate surface area is 95.5 Å². The van der Waals surface area contributed by atoms with Crippen molar-refractivity contribution in [2.75, 3.05) is 0 Å². The second kappa shape index (κ2) is 6.12. The van der Waals surface area contributed by atoms with Crippen molar-refractivity contribution in [3.8, 4) is 5.75 Å². The van der Waals surface area contributed by atoms with Crippen LogP contribution in [-0.4, -0.2) is 5.11 Å². The topological polar surface area (TPSA) is 46.2 Å². The molecule has 14 heavy (non-hydrogen) atoms. The van der Waals surface area contributed by atoms with Crippen molar-refractivity contribution in [1.29, 1.82) is 0 Å². The van der Waals surface area contributed by atoms with Crippen LogP contribution in [0.25, 0.3) is 0 Å². The van der Waals surface area contributed by atoms with Crippen molar-refractivity contribution >= 4 is 24.0 Å². The van der Waals surface area contributed by atoms with Crippen molar-refractivity contribution in [3.05, 3.63) is 28.8 Å². The molecule has 80 valence electrons. The maximum atomic E-state index is 9.49. The van der Waals surface area contributed by atoms with E-state index in [1.807, 2.05) is 0 Å². The van der Waals surface area contributed by atoms with Crippen LogP contribution in [0.3, 0.4) is 0 Å². The molecule has 0 aliphatic heterocycles. The highest BCUT2D eigenvalue weighted by atomic mass is 35.5. The van der Waals surface area contributed by atoms with Crippen LogP contribution in [0.5, 0.6) is 5.75 Å². The van der Waals surface area contributed by atoms with Crippen molar-refractivity contribution in [2.45, 2.75) is 25.8 Å². The van der Waals surface area contributed by atoms with Gasteiger partial charge in [0.15, 0.2) is 0 Å². The van der Waals surface area contributed by atoms with E-state index in [-0.39, 0.29) is 24.2 Å². The van der Waals surface area contributed by atoms with Crippen molar-refractivity contribution in [3.63, 3.8) is 0 Å². The monoisotopic (exact) mass is 235 g/mol. The SMILES string of the molecule is CCC[C@H](N)c1cc(Cl)ccc1O.Cl. The number of rotatable bonds is 3. The van der Waals surface area contributed by atoms with Crippen LogP contribution >= 0.6 is 24.0 Å². The molecule has 1 rings (SSSR count). The summed E-state index contributed by atoms with van der Waals surface area (Å²) in [4.78, 5) is 0. The number of benzene rings is 1. The van der Waals surface area contributed by atoms with Gasteiger partial charge in [-0.15, -0.1) is 12.4 Å². The molecule has 1 aromatic carbocycles. The first-order valence-electron chi connectivity index (χ1n) is 4.39. The Morgan fingerprint density at radius 1 is 1.50 bits per heavy atom. The third kappa shape index (κ3) is 3.37. The summed E-state index contributed by atoms with van der Waals surface area (Å²) < 4.78 is 0. The molecular weight excluding hydrogens is 221 g/mol. The number of aromatic hydroxyl groups is 1. The van der Waals surface area contributed by atoms with Gasteiger partial charge < -0.3 is 10.8 Å². The molecule has 1 aromatic rings. The lowest BCUT2D eigenvalue weighted by Gasteiger charge is -2.12. The molecule has 1 atom stereocenters. The van der Waals surface area contributed by atoms with Gasteiger partial charge >= 0.3 is 0 Å². The third-order valence-electron chi connectivity index (χ3n) is 1.99. The lowest BCUT2D eigenvalue weighted by molar-refractivity contribution is 0.458. The van der Waals surface area contributed by atoms with Gasteiger partial charge in [-0.1, -0.05) is 24.9 Å². The van der Waals surface area contributed by atoms with E-state index in [1.54, 1.807) is 18.2 Å². The molecule has 0 spiro atoms. The zero-order valence-corrected chi connectivity index (χ0v) is 9.61. The minimum absolute atomic E-state index is 0. The van der Waals surface area contributed by atoms with Crippen LogP contribution < -0.4 is 5.73 Å². The molecule has 0 radical (unpaired) electrons. The molecule has 0 heterocycles. The number of hydrogen-bond acceptors (Lipinski definition) is 2. The van der Waals surface area contributed by atoms with E-state index in [2.05, 4.69) is 6.92 Å². The lowest BCUT2D eigenvalue weighted by Crippen LogP contribution is -2.09. The number of hydrogen-bond donors (Lipinski definition) is 2. The van der Waals surface area contributed by atoms with Crippen LogP contribution in [0.15, 0.2) is 18.2 Å². The first-order chi connectivity index (χ1) is 6.15. The Kier molecular flexibility index (Phi) is 5.93. The molecule has 0 unspecified atom stereocenters. The predicted molar refractivity (Wildman–Crippen MR) is 62.2 cm³/mol. The summed E-state index contributed by atoms with van der Waals surface area (Å²) >= 11 is 5.79. The zero-order chi connectivity index (χ0) is 9.84. The number of phenols is 1. The Morgan fingerprint density at radius 2 is 2.14 bits per heavy atom. The fourth-order valence-electron chi connectivity index (χ4n) is 1.29. The fraction of sp³-hybridized carbons (Fsp3) is 0.400. The Balaban J connectivity index is 0.00000169. The van der Waals surface area contributed by atoms with Gasteiger partial charge in [-0.05, 0) is 24.6 Å². The minimum atomic E-state index is -0.122. The van der Waals surface area contributed by atoms with Gasteiger partial charge in [0.05, 0.1) is 0 Å². The van der Waals surface area contributed by atoms with Gasteiger partial charge in [0.2, 0.25) is 0 Å². The third-order valence-corrected chi connectivity index (χ3v) is 2.22. The Bertz CT molecular complexity index is 291. The summed E-state index contributed by atoms with van der Waals surface area (Å²) in [5, 5.41) is 10.1. The lowest BCUT2D eigenvalue weighted by atomic mass is 10.0. The van der Waals surface area contributed by atoms with Crippen LogP contribution in [0, 0.1) is 0 Å². The fourth-order valence-corrected chi connectivity index (χ4v) is 1.47. The summed E-state index contributed by atoms with van der Waals surface area (Å²) in [6.45, 7) is 2.06. The summed E-state index contributed by atoms with van der Waals surface area (Å²) in [7, 11) is 0. The molecule has 2 nitrogen and oxygen atoms in total. The molecule has 0 saturated carbocycles. The average molecular weight is 236 g/mol. The van der Waals surface area contributed by atoms with Gasteiger partial charge in [-0.25, -0.2) is 0 Å². The number of phenolic OH excluding ortho intramolecular Hbond substituents is 1. The van der Waals surface area contributed by atoms with E-state index >= 15 is 0 Å². The number of nitrogens with two attached hydrogens (primary N) is 1. The van der Waals surface area contributed by atoms with E-state index < -0.39 is 0 Å². The van der Waals surface area contributed by atoms with Crippen molar-refractivity contribution in [2.24, 2.45) is 5.73 Å². The minimum Gasteiger partial charge on any atom is -0.508 e. The number of halogens is 2. The van der Waals surface area contributed by atoms with Crippen LogP contribution in [0.4, 0.5) is 0 Å². The van der Waals surface area contributed by atoms with Crippen molar-refractivity contribution < 1.29 is 5.11 Å². The molecule has 4 heteroatoms. The normalized spacial score (nSPS) is 11.9. The summed E-state index contributed by atoms with van der Waals surface area (Å²) in [6.07, 6.45) is 1.85. The van der Waals surface area contributed by atoms with Crippen LogP contribution in [-0.2, 0) is 0 Å². The molecule has 0 fully saturated rings. The smallest absolute Gasteiger partial charge is 0.120 e. The van der Waals surface area contributed by atoms with Gasteiger partial charge in [-0.3, -0.25) is 0 Å². The first kappa shape index (κ1) is 13.6. The largest absolute Gasteiger partial charge is 0.508 e. The van der Waals surface area contributed by atoms with Gasteiger partial charge in [0.25, 0.3) is 0 Å². The maximum absolute atomic E-state index is 9.49. The van der Waals surface area contributed by atoms with E-state index in [9.17, 15) is 5.11 Å². The average Bonchev–Trinajstić information content (AvgIpc) is 2.09. The zero-order valence-electron chi connectivity index (χ0n) is 8.03. The molecule has 0 aromatic heterocycles. The maximum Gasteiger partial charge on any atom is 0.120 e. The van der Waals surface area contributed by atoms with E-state index in [0.29, 0.717) is 5.02 Å². The molecular formula is C10H15Cl2NO. The van der Waals surface area contributed by atoms with Crippen molar-refractivity contribution in [1.82, 2.24) is 0 Å². The predicted octanol–water partition coefficient (Wildman–Crippen LogP) is 3.27. The van der Waals surface area contributed by atoms with Crippen LogP contribution in [0.2, 0.25) is 5.02 Å². The summed E-state index contributed by atoms with van der Waals surface area (Å²) in [5.74, 6) is 0.227. The molecule has 0 amide bonds. The second-order valence-electron chi connectivity index (χ2n) is 3.10.